The molecule has 1 heterocycles. The number of benzene rings is 3. The van der Waals surface area contributed by atoms with Crippen molar-refractivity contribution in [1.82, 2.24) is 0 Å². The smallest absolute Gasteiger partial charge is 0.194 e. The molecule has 0 fully saturated rings. The van der Waals surface area contributed by atoms with Crippen molar-refractivity contribution < 1.29 is 4.79 Å². The normalized spacial score (nSPS) is 14.3. The Kier molecular flexibility index (Phi) is 3.64. The Morgan fingerprint density at radius 1 is 0.667 bits per heavy atom. The van der Waals surface area contributed by atoms with Gasteiger partial charge >= 0.3 is 0 Å². The van der Waals surface area contributed by atoms with E-state index < -0.39 is 0 Å². The van der Waals surface area contributed by atoms with Gasteiger partial charge in [-0.25, -0.2) is 0 Å². The molecule has 0 aromatic heterocycles. The second kappa shape index (κ2) is 6.09. The summed E-state index contributed by atoms with van der Waals surface area (Å²) in [5.41, 5.74) is 5.06. The number of hydrogen-bond acceptors (Lipinski definition) is 2. The molecule has 3 aromatic carbocycles. The predicted octanol–water partition coefficient (Wildman–Crippen LogP) is 5.20. The predicted molar refractivity (Wildman–Crippen MR) is 98.6 cm³/mol. The van der Waals surface area contributed by atoms with E-state index in [1.165, 1.54) is 0 Å². The Labute approximate surface area is 140 Å². The van der Waals surface area contributed by atoms with Crippen LogP contribution in [0.1, 0.15) is 21.5 Å². The molecule has 1 aliphatic rings. The average Bonchev–Trinajstić information content (AvgIpc) is 3.07. The maximum absolute atomic E-state index is 13.2. The Hall–Kier alpha value is -3.26. The lowest BCUT2D eigenvalue weighted by Crippen LogP contribution is -2.05. The third-order valence-electron chi connectivity index (χ3n) is 4.12. The monoisotopic (exact) mass is 309 g/mol. The fraction of sp³-hybridized carbons (Fsp3) is 0. The van der Waals surface area contributed by atoms with Crippen molar-refractivity contribution in [1.29, 1.82) is 0 Å². The summed E-state index contributed by atoms with van der Waals surface area (Å²) in [6.45, 7) is 0. The largest absolute Gasteiger partial charge is 0.289 e. The third kappa shape index (κ3) is 2.48. The van der Waals surface area contributed by atoms with Gasteiger partial charge in [-0.05, 0) is 11.6 Å². The summed E-state index contributed by atoms with van der Waals surface area (Å²) in [5, 5.41) is 0. The highest BCUT2D eigenvalue weighted by molar-refractivity contribution is 6.42. The van der Waals surface area contributed by atoms with Gasteiger partial charge < -0.3 is 0 Å². The zero-order valence-electron chi connectivity index (χ0n) is 13.0. The second-order valence-electron chi connectivity index (χ2n) is 5.63. The highest BCUT2D eigenvalue weighted by Crippen LogP contribution is 2.37. The zero-order valence-corrected chi connectivity index (χ0v) is 13.0. The highest BCUT2D eigenvalue weighted by Gasteiger charge is 2.23. The van der Waals surface area contributed by atoms with Gasteiger partial charge in [-0.15, -0.1) is 0 Å². The maximum atomic E-state index is 13.2. The van der Waals surface area contributed by atoms with Gasteiger partial charge in [0.15, 0.2) is 5.78 Å². The first-order valence-electron chi connectivity index (χ1n) is 7.87. The van der Waals surface area contributed by atoms with Crippen molar-refractivity contribution in [3.05, 3.63) is 102 Å². The minimum atomic E-state index is 0.0138. The molecule has 0 saturated carbocycles. The summed E-state index contributed by atoms with van der Waals surface area (Å²) in [6, 6.07) is 27.1. The van der Waals surface area contributed by atoms with E-state index in [1.54, 1.807) is 6.21 Å². The van der Waals surface area contributed by atoms with Crippen LogP contribution in [-0.4, -0.2) is 12.0 Å². The van der Waals surface area contributed by atoms with Crippen molar-refractivity contribution in [3.63, 3.8) is 0 Å². The molecule has 3 aromatic rings. The number of hydrogen-bond donors (Lipinski definition) is 0. The second-order valence-corrected chi connectivity index (χ2v) is 5.63. The lowest BCUT2D eigenvalue weighted by atomic mass is 9.90. The van der Waals surface area contributed by atoms with Crippen LogP contribution in [0.25, 0.3) is 11.1 Å². The molecular formula is C22H15NO. The first-order valence-corrected chi connectivity index (χ1v) is 7.87. The molecule has 0 atom stereocenters. The standard InChI is InChI=1S/C22H15NO/c24-22(17-11-5-2-6-12-17)21(16-9-3-1-4-10-16)19-15-23-20-14-8-7-13-18(19)20/h1-15H/b21-19+. The molecule has 114 valence electrons. The van der Waals surface area contributed by atoms with E-state index in [0.29, 0.717) is 11.1 Å². The van der Waals surface area contributed by atoms with Crippen LogP contribution in [0.15, 0.2) is 89.9 Å². The molecule has 0 bridgehead atoms. The van der Waals surface area contributed by atoms with Crippen LogP contribution in [0.2, 0.25) is 0 Å². The first-order chi connectivity index (χ1) is 11.8. The number of allylic oxidation sites excluding steroid dienone is 2. The van der Waals surface area contributed by atoms with Gasteiger partial charge in [0, 0.05) is 28.5 Å². The molecule has 0 unspecified atom stereocenters. The number of rotatable bonds is 3. The average molecular weight is 309 g/mol. The molecule has 0 aliphatic carbocycles. The Bertz CT molecular complexity index is 954. The van der Waals surface area contributed by atoms with Crippen LogP contribution in [-0.2, 0) is 0 Å². The Morgan fingerprint density at radius 2 is 1.25 bits per heavy atom. The van der Waals surface area contributed by atoms with Crippen LogP contribution >= 0.6 is 0 Å². The molecule has 0 N–H and O–H groups in total. The molecule has 0 amide bonds. The Balaban J connectivity index is 1.95. The van der Waals surface area contributed by atoms with E-state index >= 15 is 0 Å². The summed E-state index contributed by atoms with van der Waals surface area (Å²) in [6.07, 6.45) is 1.80. The van der Waals surface area contributed by atoms with E-state index in [1.807, 2.05) is 84.9 Å². The van der Waals surface area contributed by atoms with Gasteiger partial charge in [0.05, 0.1) is 5.69 Å². The number of carbonyl (C=O) groups is 1. The molecule has 0 spiro atoms. The van der Waals surface area contributed by atoms with Gasteiger partial charge in [-0.3, -0.25) is 9.79 Å². The first kappa shape index (κ1) is 14.3. The number of para-hydroxylation sites is 1. The van der Waals surface area contributed by atoms with Crippen LogP contribution in [0.5, 0.6) is 0 Å². The van der Waals surface area contributed by atoms with Crippen molar-refractivity contribution in [2.45, 2.75) is 0 Å². The van der Waals surface area contributed by atoms with Gasteiger partial charge in [-0.1, -0.05) is 78.9 Å². The summed E-state index contributed by atoms with van der Waals surface area (Å²) in [4.78, 5) is 17.7. The fourth-order valence-electron chi connectivity index (χ4n) is 2.96. The number of nitrogens with zero attached hydrogens (tertiary/aromatic N) is 1. The summed E-state index contributed by atoms with van der Waals surface area (Å²) < 4.78 is 0. The minimum Gasteiger partial charge on any atom is -0.289 e. The number of ketones is 1. The third-order valence-corrected chi connectivity index (χ3v) is 4.12. The minimum absolute atomic E-state index is 0.0138. The van der Waals surface area contributed by atoms with Crippen molar-refractivity contribution in [2.75, 3.05) is 0 Å². The fourth-order valence-corrected chi connectivity index (χ4v) is 2.96. The van der Waals surface area contributed by atoms with Crippen molar-refractivity contribution in [3.8, 4) is 0 Å². The highest BCUT2D eigenvalue weighted by atomic mass is 16.1. The molecule has 4 rings (SSSR count). The number of aliphatic imine (C=N–C) groups is 1. The van der Waals surface area contributed by atoms with Gasteiger partial charge in [0.25, 0.3) is 0 Å². The number of fused-ring (bicyclic) bond motifs is 1. The van der Waals surface area contributed by atoms with Crippen LogP contribution in [0, 0.1) is 0 Å². The summed E-state index contributed by atoms with van der Waals surface area (Å²) in [7, 11) is 0. The topological polar surface area (TPSA) is 29.4 Å². The molecular weight excluding hydrogens is 294 g/mol. The molecule has 0 saturated heterocycles. The van der Waals surface area contributed by atoms with E-state index in [4.69, 9.17) is 0 Å². The van der Waals surface area contributed by atoms with Crippen molar-refractivity contribution >= 4 is 28.8 Å². The summed E-state index contributed by atoms with van der Waals surface area (Å²) >= 11 is 0. The Morgan fingerprint density at radius 3 is 1.96 bits per heavy atom. The molecule has 0 radical (unpaired) electrons. The van der Waals surface area contributed by atoms with Crippen molar-refractivity contribution in [2.24, 2.45) is 4.99 Å². The summed E-state index contributed by atoms with van der Waals surface area (Å²) in [5.74, 6) is 0.0138. The molecule has 24 heavy (non-hydrogen) atoms. The lowest BCUT2D eigenvalue weighted by molar-refractivity contribution is 0.105. The van der Waals surface area contributed by atoms with Crippen LogP contribution in [0.3, 0.4) is 0 Å². The molecule has 2 nitrogen and oxygen atoms in total. The maximum Gasteiger partial charge on any atom is 0.194 e. The van der Waals surface area contributed by atoms with Crippen LogP contribution in [0.4, 0.5) is 5.69 Å². The SMILES string of the molecule is O=C(/C(=C1\C=Nc2ccccc21)c1ccccc1)c1ccccc1. The van der Waals surface area contributed by atoms with Gasteiger partial charge in [0.2, 0.25) is 0 Å². The van der Waals surface area contributed by atoms with E-state index in [0.717, 1.165) is 22.4 Å². The van der Waals surface area contributed by atoms with E-state index in [9.17, 15) is 4.79 Å². The lowest BCUT2D eigenvalue weighted by Gasteiger charge is -2.11. The number of Topliss-reactive ketones (excluding diaryl/α,β-unsaturated/α-hetero) is 1. The molecule has 2 heteroatoms. The van der Waals surface area contributed by atoms with E-state index in [-0.39, 0.29) is 5.78 Å². The van der Waals surface area contributed by atoms with Gasteiger partial charge in [-0.2, -0.15) is 0 Å². The number of carbonyl (C=O) groups excluding carboxylic acids is 1. The van der Waals surface area contributed by atoms with Crippen LogP contribution < -0.4 is 0 Å². The quantitative estimate of drug-likeness (QED) is 0.483. The molecule has 1 aliphatic heterocycles. The zero-order chi connectivity index (χ0) is 16.4. The van der Waals surface area contributed by atoms with Gasteiger partial charge in [0.1, 0.15) is 0 Å². The van der Waals surface area contributed by atoms with E-state index in [2.05, 4.69) is 4.99 Å².